The van der Waals surface area contributed by atoms with Crippen molar-refractivity contribution in [3.63, 3.8) is 0 Å². The van der Waals surface area contributed by atoms with Crippen LogP contribution in [0.1, 0.15) is 5.76 Å². The number of nitro benzene ring substituents is 1. The number of thiocarbonyl (C=S) groups is 1. The number of non-ortho nitro benzene ring substituents is 1. The van der Waals surface area contributed by atoms with Gasteiger partial charge in [-0.25, -0.2) is 0 Å². The quantitative estimate of drug-likeness (QED) is 0.278. The van der Waals surface area contributed by atoms with Crippen LogP contribution in [0.3, 0.4) is 0 Å². The number of benzene rings is 1. The van der Waals surface area contributed by atoms with E-state index in [1.165, 1.54) is 18.3 Å². The van der Waals surface area contributed by atoms with Gasteiger partial charge in [0.2, 0.25) is 0 Å². The Labute approximate surface area is 137 Å². The highest BCUT2D eigenvalue weighted by atomic mass is 32.1. The molecule has 23 heavy (non-hydrogen) atoms. The first-order valence-corrected chi connectivity index (χ1v) is 7.03. The fourth-order valence-corrected chi connectivity index (χ4v) is 1.82. The van der Waals surface area contributed by atoms with Crippen LogP contribution in [0.5, 0.6) is 0 Å². The van der Waals surface area contributed by atoms with Gasteiger partial charge < -0.3 is 9.73 Å². The summed E-state index contributed by atoms with van der Waals surface area (Å²) < 4.78 is 5.59. The highest BCUT2D eigenvalue weighted by Crippen LogP contribution is 2.23. The van der Waals surface area contributed by atoms with Crippen LogP contribution in [0.25, 0.3) is 11.3 Å². The van der Waals surface area contributed by atoms with Gasteiger partial charge in [-0.1, -0.05) is 6.08 Å². The summed E-state index contributed by atoms with van der Waals surface area (Å²) in [7, 11) is 0. The topological polar surface area (TPSA) is 92.7 Å². The van der Waals surface area contributed by atoms with Crippen molar-refractivity contribution in [1.82, 2.24) is 10.7 Å². The Bertz CT molecular complexity index is 737. The molecule has 0 unspecified atom stereocenters. The number of hydrazone groups is 1. The monoisotopic (exact) mass is 330 g/mol. The highest BCUT2D eigenvalue weighted by molar-refractivity contribution is 7.80. The van der Waals surface area contributed by atoms with Gasteiger partial charge in [-0.2, -0.15) is 5.10 Å². The Hall–Kier alpha value is -3.00. The molecule has 0 fully saturated rings. The SMILES string of the molecule is C=CCNC(=S)N/N=C/c1ccc(-c2ccc([N+](=O)[O-])cc2)o1. The number of furan rings is 1. The molecule has 1 heterocycles. The average molecular weight is 330 g/mol. The number of hydrogen-bond acceptors (Lipinski definition) is 5. The molecule has 0 aliphatic carbocycles. The predicted molar refractivity (Wildman–Crippen MR) is 92.3 cm³/mol. The third-order valence-corrected chi connectivity index (χ3v) is 2.99. The first-order chi connectivity index (χ1) is 11.1. The van der Waals surface area contributed by atoms with Crippen molar-refractivity contribution in [1.29, 1.82) is 0 Å². The van der Waals surface area contributed by atoms with Crippen LogP contribution in [-0.4, -0.2) is 22.8 Å². The Balaban J connectivity index is 1.98. The molecule has 0 aliphatic heterocycles. The standard InChI is InChI=1S/C15H14N4O3S/c1-2-9-16-15(23)18-17-10-13-7-8-14(22-13)11-3-5-12(6-4-11)19(20)21/h2-8,10H,1,9H2,(H2,16,18,23)/b17-10+. The van der Waals surface area contributed by atoms with Gasteiger partial charge in [-0.05, 0) is 36.5 Å². The molecule has 0 saturated carbocycles. The van der Waals surface area contributed by atoms with Crippen LogP contribution in [0.2, 0.25) is 0 Å². The Morgan fingerprint density at radius 2 is 2.09 bits per heavy atom. The van der Waals surface area contributed by atoms with Crippen molar-refractivity contribution < 1.29 is 9.34 Å². The summed E-state index contributed by atoms with van der Waals surface area (Å²) in [5.74, 6) is 1.12. The van der Waals surface area contributed by atoms with Gasteiger partial charge in [-0.3, -0.25) is 15.5 Å². The van der Waals surface area contributed by atoms with E-state index in [1.807, 2.05) is 0 Å². The fraction of sp³-hybridized carbons (Fsp3) is 0.0667. The molecular formula is C15H14N4O3S. The van der Waals surface area contributed by atoms with Gasteiger partial charge in [0.05, 0.1) is 11.1 Å². The second-order valence-electron chi connectivity index (χ2n) is 4.37. The van der Waals surface area contributed by atoms with E-state index in [2.05, 4.69) is 22.4 Å². The molecule has 0 bridgehead atoms. The zero-order chi connectivity index (χ0) is 16.7. The summed E-state index contributed by atoms with van der Waals surface area (Å²) in [6, 6.07) is 9.61. The van der Waals surface area contributed by atoms with Gasteiger partial charge in [0, 0.05) is 24.2 Å². The Morgan fingerprint density at radius 3 is 2.74 bits per heavy atom. The zero-order valence-electron chi connectivity index (χ0n) is 12.1. The van der Waals surface area contributed by atoms with E-state index in [4.69, 9.17) is 16.6 Å². The van der Waals surface area contributed by atoms with Gasteiger partial charge in [-0.15, -0.1) is 6.58 Å². The van der Waals surface area contributed by atoms with Crippen molar-refractivity contribution in [2.45, 2.75) is 0 Å². The molecule has 0 amide bonds. The summed E-state index contributed by atoms with van der Waals surface area (Å²) in [6.07, 6.45) is 3.16. The minimum Gasteiger partial charge on any atom is -0.455 e. The third kappa shape index (κ3) is 4.75. The molecule has 2 rings (SSSR count). The lowest BCUT2D eigenvalue weighted by Gasteiger charge is -2.02. The molecular weight excluding hydrogens is 316 g/mol. The lowest BCUT2D eigenvalue weighted by molar-refractivity contribution is -0.384. The Kier molecular flexibility index (Phi) is 5.59. The lowest BCUT2D eigenvalue weighted by Crippen LogP contribution is -2.31. The van der Waals surface area contributed by atoms with Crippen LogP contribution < -0.4 is 10.7 Å². The smallest absolute Gasteiger partial charge is 0.269 e. The van der Waals surface area contributed by atoms with Gasteiger partial charge in [0.15, 0.2) is 5.11 Å². The van der Waals surface area contributed by atoms with Gasteiger partial charge in [0.25, 0.3) is 5.69 Å². The summed E-state index contributed by atoms with van der Waals surface area (Å²) in [4.78, 5) is 10.2. The van der Waals surface area contributed by atoms with Gasteiger partial charge in [0.1, 0.15) is 11.5 Å². The molecule has 0 radical (unpaired) electrons. The molecule has 0 atom stereocenters. The van der Waals surface area contributed by atoms with E-state index in [-0.39, 0.29) is 5.69 Å². The van der Waals surface area contributed by atoms with E-state index in [0.29, 0.717) is 23.2 Å². The molecule has 7 nitrogen and oxygen atoms in total. The maximum atomic E-state index is 10.6. The van der Waals surface area contributed by atoms with E-state index in [0.717, 1.165) is 5.56 Å². The van der Waals surface area contributed by atoms with Crippen molar-refractivity contribution in [3.05, 3.63) is 64.9 Å². The van der Waals surface area contributed by atoms with E-state index in [1.54, 1.807) is 30.3 Å². The molecule has 0 saturated heterocycles. The minimum atomic E-state index is -0.445. The van der Waals surface area contributed by atoms with Crippen molar-refractivity contribution in [2.75, 3.05) is 6.54 Å². The number of rotatable bonds is 6. The maximum Gasteiger partial charge on any atom is 0.269 e. The number of hydrogen-bond donors (Lipinski definition) is 2. The largest absolute Gasteiger partial charge is 0.455 e. The van der Waals surface area contributed by atoms with Crippen LogP contribution in [0.4, 0.5) is 5.69 Å². The summed E-state index contributed by atoms with van der Waals surface area (Å²) in [6.45, 7) is 4.11. The number of nitrogens with zero attached hydrogens (tertiary/aromatic N) is 2. The minimum absolute atomic E-state index is 0.0341. The molecule has 0 spiro atoms. The Morgan fingerprint density at radius 1 is 1.35 bits per heavy atom. The second kappa shape index (κ2) is 7.85. The van der Waals surface area contributed by atoms with E-state index < -0.39 is 4.92 Å². The normalized spacial score (nSPS) is 10.4. The zero-order valence-corrected chi connectivity index (χ0v) is 12.9. The average Bonchev–Trinajstić information content (AvgIpc) is 3.02. The van der Waals surface area contributed by atoms with Crippen molar-refractivity contribution in [3.8, 4) is 11.3 Å². The molecule has 8 heteroatoms. The van der Waals surface area contributed by atoms with E-state index >= 15 is 0 Å². The maximum absolute atomic E-state index is 10.6. The summed E-state index contributed by atoms with van der Waals surface area (Å²) in [5, 5.41) is 17.8. The van der Waals surface area contributed by atoms with Crippen molar-refractivity contribution >= 4 is 29.2 Å². The lowest BCUT2D eigenvalue weighted by atomic mass is 10.1. The molecule has 0 aliphatic rings. The molecule has 2 N–H and O–H groups in total. The van der Waals surface area contributed by atoms with Gasteiger partial charge >= 0.3 is 0 Å². The molecule has 118 valence electrons. The predicted octanol–water partition coefficient (Wildman–Crippen LogP) is 2.84. The van der Waals surface area contributed by atoms with Crippen LogP contribution in [0.15, 0.2) is 58.6 Å². The third-order valence-electron chi connectivity index (χ3n) is 2.75. The van der Waals surface area contributed by atoms with Crippen LogP contribution in [-0.2, 0) is 0 Å². The molecule has 1 aromatic heterocycles. The highest BCUT2D eigenvalue weighted by Gasteiger charge is 2.07. The fourth-order valence-electron chi connectivity index (χ4n) is 1.68. The number of nitrogens with one attached hydrogen (secondary N) is 2. The van der Waals surface area contributed by atoms with Crippen LogP contribution >= 0.6 is 12.2 Å². The van der Waals surface area contributed by atoms with Crippen molar-refractivity contribution in [2.24, 2.45) is 5.10 Å². The first-order valence-electron chi connectivity index (χ1n) is 6.62. The number of nitro groups is 1. The second-order valence-corrected chi connectivity index (χ2v) is 4.78. The summed E-state index contributed by atoms with van der Waals surface area (Å²) >= 11 is 4.98. The molecule has 2 aromatic rings. The summed E-state index contributed by atoms with van der Waals surface area (Å²) in [5.41, 5.74) is 3.42. The first kappa shape index (κ1) is 16.4. The molecule has 1 aromatic carbocycles. The van der Waals surface area contributed by atoms with E-state index in [9.17, 15) is 10.1 Å². The van der Waals surface area contributed by atoms with Crippen LogP contribution in [0, 0.1) is 10.1 Å².